The number of aryl methyl sites for hydroxylation is 2. The Morgan fingerprint density at radius 3 is 2.26 bits per heavy atom. The average Bonchev–Trinajstić information content (AvgIpc) is 2.76. The molecule has 31 heavy (non-hydrogen) atoms. The third-order valence-electron chi connectivity index (χ3n) is 5.11. The first-order chi connectivity index (χ1) is 14.8. The number of rotatable bonds is 4. The molecule has 154 valence electrons. The zero-order valence-electron chi connectivity index (χ0n) is 17.0. The summed E-state index contributed by atoms with van der Waals surface area (Å²) in [5.74, 6) is -0.361. The van der Waals surface area contributed by atoms with Crippen molar-refractivity contribution in [3.05, 3.63) is 99.1 Å². The highest BCUT2D eigenvalue weighted by Crippen LogP contribution is 2.24. The first-order valence-electron chi connectivity index (χ1n) is 9.69. The summed E-state index contributed by atoms with van der Waals surface area (Å²) in [6.07, 6.45) is 3.57. The molecular weight excluding hydrogens is 392 g/mol. The van der Waals surface area contributed by atoms with Gasteiger partial charge in [0.05, 0.1) is 22.2 Å². The molecule has 1 heterocycles. The fraction of sp³-hybridized carbons (Fsp3) is 0.0800. The molecule has 3 aromatic carbocycles. The van der Waals surface area contributed by atoms with E-state index < -0.39 is 5.97 Å². The van der Waals surface area contributed by atoms with E-state index in [1.54, 1.807) is 36.4 Å². The average molecular weight is 412 g/mol. The molecule has 0 saturated carbocycles. The van der Waals surface area contributed by atoms with Gasteiger partial charge in [0.1, 0.15) is 11.6 Å². The van der Waals surface area contributed by atoms with Gasteiger partial charge in [0.2, 0.25) is 0 Å². The highest BCUT2D eigenvalue weighted by atomic mass is 16.4. The van der Waals surface area contributed by atoms with E-state index in [0.29, 0.717) is 22.4 Å². The molecule has 2 N–H and O–H groups in total. The molecule has 0 aliphatic rings. The van der Waals surface area contributed by atoms with Gasteiger partial charge in [0.15, 0.2) is 0 Å². The number of nitrogens with zero attached hydrogens (tertiary/aromatic N) is 2. The summed E-state index contributed by atoms with van der Waals surface area (Å²) in [6, 6.07) is 16.9. The number of aromatic hydroxyl groups is 1. The minimum absolute atomic E-state index is 0.137. The van der Waals surface area contributed by atoms with Gasteiger partial charge in [-0.2, -0.15) is 0 Å². The van der Waals surface area contributed by atoms with Crippen molar-refractivity contribution in [1.29, 1.82) is 0 Å². The van der Waals surface area contributed by atoms with Gasteiger partial charge in [-0.15, -0.1) is 0 Å². The second kappa shape index (κ2) is 7.91. The number of para-hydroxylation sites is 1. The van der Waals surface area contributed by atoms with Crippen molar-refractivity contribution < 1.29 is 15.0 Å². The Bertz CT molecular complexity index is 1380. The lowest BCUT2D eigenvalue weighted by molar-refractivity contribution is 0.0697. The number of benzene rings is 3. The standard InChI is InChI=1S/C25H20N2O4/c1-15-13-17(14-16(2)23(15)28)7-12-22-26-21-6-4-3-5-20(21)24(29)27(22)19-10-8-18(9-11-19)25(30)31/h3-14,28H,1-2H3,(H,30,31). The lowest BCUT2D eigenvalue weighted by Crippen LogP contribution is -2.22. The van der Waals surface area contributed by atoms with Crippen LogP contribution in [0.3, 0.4) is 0 Å². The van der Waals surface area contributed by atoms with E-state index in [1.807, 2.05) is 38.1 Å². The summed E-state index contributed by atoms with van der Waals surface area (Å²) < 4.78 is 1.46. The van der Waals surface area contributed by atoms with E-state index >= 15 is 0 Å². The summed E-state index contributed by atoms with van der Waals surface area (Å²) in [5, 5.41) is 19.6. The van der Waals surface area contributed by atoms with Crippen molar-refractivity contribution in [2.24, 2.45) is 0 Å². The van der Waals surface area contributed by atoms with Crippen molar-refractivity contribution in [3.63, 3.8) is 0 Å². The minimum Gasteiger partial charge on any atom is -0.507 e. The quantitative estimate of drug-likeness (QED) is 0.512. The Hall–Kier alpha value is -4.19. The van der Waals surface area contributed by atoms with Crippen LogP contribution < -0.4 is 5.56 Å². The second-order valence-corrected chi connectivity index (χ2v) is 7.32. The molecule has 0 aliphatic heterocycles. The van der Waals surface area contributed by atoms with Crippen LogP contribution in [0.2, 0.25) is 0 Å². The molecule has 4 rings (SSSR count). The molecule has 0 unspecified atom stereocenters. The summed E-state index contributed by atoms with van der Waals surface area (Å²) in [5.41, 5.74) is 3.36. The topological polar surface area (TPSA) is 92.4 Å². The number of aromatic carboxylic acids is 1. The van der Waals surface area contributed by atoms with Crippen molar-refractivity contribution in [3.8, 4) is 11.4 Å². The zero-order valence-corrected chi connectivity index (χ0v) is 17.0. The van der Waals surface area contributed by atoms with E-state index in [9.17, 15) is 14.7 Å². The highest BCUT2D eigenvalue weighted by Gasteiger charge is 2.12. The van der Waals surface area contributed by atoms with Gasteiger partial charge in [-0.05, 0) is 85.1 Å². The molecule has 1 aromatic heterocycles. The number of phenolic OH excluding ortho intramolecular Hbond substituents is 1. The molecule has 0 amide bonds. The van der Waals surface area contributed by atoms with Gasteiger partial charge in [-0.25, -0.2) is 9.78 Å². The Labute approximate surface area is 178 Å². The number of carboxylic acid groups (broad SMARTS) is 1. The predicted molar refractivity (Wildman–Crippen MR) is 121 cm³/mol. The molecule has 0 aliphatic carbocycles. The molecule has 4 aromatic rings. The van der Waals surface area contributed by atoms with Crippen molar-refractivity contribution in [1.82, 2.24) is 9.55 Å². The third-order valence-corrected chi connectivity index (χ3v) is 5.11. The summed E-state index contributed by atoms with van der Waals surface area (Å²) >= 11 is 0. The minimum atomic E-state index is -1.03. The summed E-state index contributed by atoms with van der Waals surface area (Å²) in [6.45, 7) is 3.65. The first kappa shape index (κ1) is 20.1. The summed E-state index contributed by atoms with van der Waals surface area (Å²) in [4.78, 5) is 29.1. The molecule has 6 heteroatoms. The SMILES string of the molecule is Cc1cc(C=Cc2nc3ccccc3c(=O)n2-c2ccc(C(=O)O)cc2)cc(C)c1O. The fourth-order valence-corrected chi connectivity index (χ4v) is 3.52. The van der Waals surface area contributed by atoms with Crippen molar-refractivity contribution in [2.75, 3.05) is 0 Å². The monoisotopic (exact) mass is 412 g/mol. The van der Waals surface area contributed by atoms with Crippen LogP contribution in [-0.2, 0) is 0 Å². The Kier molecular flexibility index (Phi) is 5.13. The van der Waals surface area contributed by atoms with Gasteiger partial charge >= 0.3 is 5.97 Å². The van der Waals surface area contributed by atoms with Gasteiger partial charge < -0.3 is 10.2 Å². The molecular formula is C25H20N2O4. The fourth-order valence-electron chi connectivity index (χ4n) is 3.52. The summed E-state index contributed by atoms with van der Waals surface area (Å²) in [7, 11) is 0. The van der Waals surface area contributed by atoms with Gasteiger partial charge in [-0.1, -0.05) is 18.2 Å². The zero-order chi connectivity index (χ0) is 22.1. The number of aromatic nitrogens is 2. The van der Waals surface area contributed by atoms with E-state index in [2.05, 4.69) is 4.98 Å². The van der Waals surface area contributed by atoms with Crippen molar-refractivity contribution >= 4 is 29.0 Å². The van der Waals surface area contributed by atoms with Crippen LogP contribution in [0.25, 0.3) is 28.7 Å². The molecule has 0 spiro atoms. The van der Waals surface area contributed by atoms with Crippen LogP contribution in [0.1, 0.15) is 32.9 Å². The number of fused-ring (bicyclic) bond motifs is 1. The van der Waals surface area contributed by atoms with E-state index in [1.165, 1.54) is 16.7 Å². The number of hydrogen-bond acceptors (Lipinski definition) is 4. The lowest BCUT2D eigenvalue weighted by atomic mass is 10.1. The molecule has 0 bridgehead atoms. The molecule has 6 nitrogen and oxygen atoms in total. The largest absolute Gasteiger partial charge is 0.507 e. The smallest absolute Gasteiger partial charge is 0.335 e. The van der Waals surface area contributed by atoms with E-state index in [0.717, 1.165) is 16.7 Å². The highest BCUT2D eigenvalue weighted by molar-refractivity contribution is 5.88. The van der Waals surface area contributed by atoms with E-state index in [4.69, 9.17) is 5.11 Å². The molecule has 0 fully saturated rings. The first-order valence-corrected chi connectivity index (χ1v) is 9.69. The Balaban J connectivity index is 1.90. The maximum atomic E-state index is 13.3. The van der Waals surface area contributed by atoms with Crippen LogP contribution in [-0.4, -0.2) is 25.7 Å². The molecule has 0 atom stereocenters. The normalized spacial score (nSPS) is 11.3. The predicted octanol–water partition coefficient (Wildman–Crippen LogP) is 4.58. The Morgan fingerprint density at radius 1 is 0.968 bits per heavy atom. The van der Waals surface area contributed by atoms with Crippen molar-refractivity contribution in [2.45, 2.75) is 13.8 Å². The van der Waals surface area contributed by atoms with Gasteiger partial charge in [0, 0.05) is 0 Å². The lowest BCUT2D eigenvalue weighted by Gasteiger charge is -2.12. The van der Waals surface area contributed by atoms with Gasteiger partial charge in [0.25, 0.3) is 5.56 Å². The molecule has 0 saturated heterocycles. The number of hydrogen-bond donors (Lipinski definition) is 2. The molecule has 0 radical (unpaired) electrons. The number of carboxylic acids is 1. The van der Waals surface area contributed by atoms with Crippen LogP contribution in [0, 0.1) is 13.8 Å². The van der Waals surface area contributed by atoms with E-state index in [-0.39, 0.29) is 16.9 Å². The van der Waals surface area contributed by atoms with Crippen LogP contribution in [0.15, 0.2) is 65.5 Å². The number of phenols is 1. The number of carbonyl (C=O) groups is 1. The van der Waals surface area contributed by atoms with Crippen LogP contribution in [0.4, 0.5) is 0 Å². The maximum Gasteiger partial charge on any atom is 0.335 e. The van der Waals surface area contributed by atoms with Crippen LogP contribution in [0.5, 0.6) is 5.75 Å². The Morgan fingerprint density at radius 2 is 1.61 bits per heavy atom. The van der Waals surface area contributed by atoms with Gasteiger partial charge in [-0.3, -0.25) is 9.36 Å². The second-order valence-electron chi connectivity index (χ2n) is 7.32. The van der Waals surface area contributed by atoms with Crippen LogP contribution >= 0.6 is 0 Å². The third kappa shape index (κ3) is 3.83. The maximum absolute atomic E-state index is 13.3.